The zero-order chi connectivity index (χ0) is 19.8. The monoisotopic (exact) mass is 385 g/mol. The molecule has 0 bridgehead atoms. The Morgan fingerprint density at radius 3 is 2.71 bits per heavy atom. The first kappa shape index (κ1) is 20.4. The molecule has 1 aliphatic rings. The highest BCUT2D eigenvalue weighted by molar-refractivity contribution is 5.90. The van der Waals surface area contributed by atoms with Crippen LogP contribution < -0.4 is 10.6 Å². The number of anilines is 1. The van der Waals surface area contributed by atoms with Gasteiger partial charge < -0.3 is 15.4 Å². The van der Waals surface area contributed by atoms with E-state index in [4.69, 9.17) is 4.74 Å². The van der Waals surface area contributed by atoms with Crippen molar-refractivity contribution in [1.29, 1.82) is 0 Å². The predicted molar refractivity (Wildman–Crippen MR) is 110 cm³/mol. The Bertz CT molecular complexity index is 726. The van der Waals surface area contributed by atoms with E-state index < -0.39 is 0 Å². The van der Waals surface area contributed by atoms with Crippen LogP contribution in [0.3, 0.4) is 0 Å². The fourth-order valence-corrected chi connectivity index (χ4v) is 3.57. The van der Waals surface area contributed by atoms with Gasteiger partial charge in [0.15, 0.2) is 0 Å². The number of hydrogen-bond donors (Lipinski definition) is 2. The molecular weight excluding hydrogens is 354 g/mol. The number of hydrogen-bond acceptors (Lipinski definition) is 4. The Morgan fingerprint density at radius 2 is 2.00 bits per heavy atom. The molecule has 3 rings (SSSR count). The number of urea groups is 1. The molecule has 2 heterocycles. The maximum absolute atomic E-state index is 12.6. The number of carbonyl (C=O) groups is 1. The molecule has 0 aliphatic carbocycles. The van der Waals surface area contributed by atoms with Gasteiger partial charge in [0.2, 0.25) is 0 Å². The molecular formula is C21H31N5O2. The summed E-state index contributed by atoms with van der Waals surface area (Å²) in [5.74, 6) is 0.576. The molecule has 2 aromatic rings. The van der Waals surface area contributed by atoms with Crippen LogP contribution in [0.5, 0.6) is 0 Å². The summed E-state index contributed by atoms with van der Waals surface area (Å²) < 4.78 is 7.31. The Kier molecular flexibility index (Phi) is 7.45. The molecule has 2 N–H and O–H groups in total. The molecule has 1 aromatic carbocycles. The van der Waals surface area contributed by atoms with E-state index in [1.54, 1.807) is 6.20 Å². The fourth-order valence-electron chi connectivity index (χ4n) is 3.57. The van der Waals surface area contributed by atoms with Gasteiger partial charge in [0.05, 0.1) is 19.8 Å². The molecule has 0 saturated carbocycles. The van der Waals surface area contributed by atoms with Crippen LogP contribution in [0.25, 0.3) is 0 Å². The van der Waals surface area contributed by atoms with E-state index in [0.717, 1.165) is 44.0 Å². The molecule has 1 fully saturated rings. The van der Waals surface area contributed by atoms with E-state index >= 15 is 0 Å². The molecule has 7 heteroatoms. The van der Waals surface area contributed by atoms with E-state index in [1.165, 1.54) is 0 Å². The highest BCUT2D eigenvalue weighted by Gasteiger charge is 2.22. The lowest BCUT2D eigenvalue weighted by molar-refractivity contribution is 0.0130. The van der Waals surface area contributed by atoms with Crippen LogP contribution in [0.15, 0.2) is 42.7 Å². The minimum Gasteiger partial charge on any atom is -0.379 e. The zero-order valence-electron chi connectivity index (χ0n) is 16.8. The van der Waals surface area contributed by atoms with Crippen LogP contribution in [0, 0.1) is 5.92 Å². The number of nitrogens with zero attached hydrogens (tertiary/aromatic N) is 3. The minimum atomic E-state index is -0.171. The average Bonchev–Trinajstić information content (AvgIpc) is 3.20. The van der Waals surface area contributed by atoms with Crippen molar-refractivity contribution in [2.24, 2.45) is 5.92 Å². The van der Waals surface area contributed by atoms with Crippen molar-refractivity contribution in [2.75, 3.05) is 38.2 Å². The summed E-state index contributed by atoms with van der Waals surface area (Å²) >= 11 is 0. The summed E-state index contributed by atoms with van der Waals surface area (Å²) in [5.41, 5.74) is 1.83. The number of morpholine rings is 1. The van der Waals surface area contributed by atoms with Crippen LogP contribution in [-0.2, 0) is 11.3 Å². The number of carbonyl (C=O) groups excluding carboxylic acids is 1. The molecule has 2 amide bonds. The van der Waals surface area contributed by atoms with Gasteiger partial charge >= 0.3 is 6.03 Å². The van der Waals surface area contributed by atoms with Gasteiger partial charge in [0.1, 0.15) is 0 Å². The van der Waals surface area contributed by atoms with Crippen LogP contribution in [0.4, 0.5) is 10.5 Å². The maximum atomic E-state index is 12.6. The zero-order valence-corrected chi connectivity index (χ0v) is 16.8. The Hall–Kier alpha value is -2.38. The summed E-state index contributed by atoms with van der Waals surface area (Å²) in [6, 6.07) is 9.88. The third-order valence-electron chi connectivity index (χ3n) is 4.96. The number of nitrogens with one attached hydrogen (secondary N) is 2. The quantitative estimate of drug-likeness (QED) is 0.733. The molecule has 0 unspecified atom stereocenters. The predicted octanol–water partition coefficient (Wildman–Crippen LogP) is 2.80. The molecule has 1 aliphatic heterocycles. The summed E-state index contributed by atoms with van der Waals surface area (Å²) in [6.07, 6.45) is 4.72. The minimum absolute atomic E-state index is 0.171. The largest absolute Gasteiger partial charge is 0.379 e. The molecule has 152 valence electrons. The third-order valence-corrected chi connectivity index (χ3v) is 4.96. The van der Waals surface area contributed by atoms with Gasteiger partial charge in [-0.2, -0.15) is 5.10 Å². The van der Waals surface area contributed by atoms with Crippen molar-refractivity contribution >= 4 is 11.7 Å². The number of ether oxygens (including phenoxy) is 1. The van der Waals surface area contributed by atoms with E-state index in [9.17, 15) is 4.79 Å². The van der Waals surface area contributed by atoms with Crippen molar-refractivity contribution in [3.8, 4) is 0 Å². The van der Waals surface area contributed by atoms with Gasteiger partial charge in [-0.15, -0.1) is 0 Å². The summed E-state index contributed by atoms with van der Waals surface area (Å²) in [7, 11) is 0. The number of para-hydroxylation sites is 1. The highest BCUT2D eigenvalue weighted by Crippen LogP contribution is 2.17. The number of aromatic nitrogens is 2. The molecule has 7 nitrogen and oxygen atoms in total. The normalized spacial score (nSPS) is 16.1. The lowest BCUT2D eigenvalue weighted by atomic mass is 10.0. The maximum Gasteiger partial charge on any atom is 0.319 e. The SMILES string of the molecule is CC(C)C[C@@H](CNC(=O)Nc1ccccc1Cn1cccn1)N1CCOCC1. The van der Waals surface area contributed by atoms with Crippen molar-refractivity contribution in [3.05, 3.63) is 48.3 Å². The Labute approximate surface area is 167 Å². The standard InChI is InChI=1S/C21H31N5O2/c1-17(2)14-19(25-10-12-28-13-11-25)15-22-21(27)24-20-7-4-3-6-18(20)16-26-9-5-8-23-26/h3-9,17,19H,10-16H2,1-2H3,(H2,22,24,27)/t19-/m0/s1. The Morgan fingerprint density at radius 1 is 1.21 bits per heavy atom. The van der Waals surface area contributed by atoms with Gasteiger partial charge in [-0.25, -0.2) is 4.79 Å². The van der Waals surface area contributed by atoms with Crippen LogP contribution in [0.1, 0.15) is 25.8 Å². The van der Waals surface area contributed by atoms with E-state index in [-0.39, 0.29) is 6.03 Å². The number of benzene rings is 1. The van der Waals surface area contributed by atoms with Crippen molar-refractivity contribution < 1.29 is 9.53 Å². The topological polar surface area (TPSA) is 71.4 Å². The third kappa shape index (κ3) is 6.07. The van der Waals surface area contributed by atoms with Crippen LogP contribution >= 0.6 is 0 Å². The van der Waals surface area contributed by atoms with Gasteiger partial charge in [-0.05, 0) is 30.0 Å². The molecule has 0 radical (unpaired) electrons. The van der Waals surface area contributed by atoms with E-state index in [1.807, 2.05) is 41.2 Å². The molecule has 1 saturated heterocycles. The highest BCUT2D eigenvalue weighted by atomic mass is 16.5. The fraction of sp³-hybridized carbons (Fsp3) is 0.524. The van der Waals surface area contributed by atoms with Crippen LogP contribution in [-0.4, -0.2) is 59.6 Å². The lowest BCUT2D eigenvalue weighted by Crippen LogP contribution is -2.49. The van der Waals surface area contributed by atoms with Crippen molar-refractivity contribution in [3.63, 3.8) is 0 Å². The van der Waals surface area contributed by atoms with Crippen LogP contribution in [0.2, 0.25) is 0 Å². The first-order chi connectivity index (χ1) is 13.6. The molecule has 1 atom stereocenters. The van der Waals surface area contributed by atoms with E-state index in [0.29, 0.717) is 25.0 Å². The summed E-state index contributed by atoms with van der Waals surface area (Å²) in [6.45, 7) is 9.07. The van der Waals surface area contributed by atoms with Gasteiger partial charge in [0.25, 0.3) is 0 Å². The lowest BCUT2D eigenvalue weighted by Gasteiger charge is -2.35. The Balaban J connectivity index is 1.57. The second kappa shape index (κ2) is 10.2. The summed E-state index contributed by atoms with van der Waals surface area (Å²) in [4.78, 5) is 15.0. The number of amides is 2. The van der Waals surface area contributed by atoms with Gasteiger partial charge in [-0.1, -0.05) is 32.0 Å². The van der Waals surface area contributed by atoms with Gasteiger partial charge in [-0.3, -0.25) is 9.58 Å². The second-order valence-electron chi connectivity index (χ2n) is 7.63. The first-order valence-corrected chi connectivity index (χ1v) is 10.0. The molecule has 28 heavy (non-hydrogen) atoms. The first-order valence-electron chi connectivity index (χ1n) is 10.0. The molecule has 0 spiro atoms. The van der Waals surface area contributed by atoms with E-state index in [2.05, 4.69) is 34.5 Å². The number of rotatable bonds is 8. The smallest absolute Gasteiger partial charge is 0.319 e. The van der Waals surface area contributed by atoms with Crippen molar-refractivity contribution in [2.45, 2.75) is 32.9 Å². The van der Waals surface area contributed by atoms with Gasteiger partial charge in [0, 0.05) is 43.8 Å². The molecule has 1 aromatic heterocycles. The summed E-state index contributed by atoms with van der Waals surface area (Å²) in [5, 5.41) is 10.3. The van der Waals surface area contributed by atoms with Crippen molar-refractivity contribution in [1.82, 2.24) is 20.0 Å². The average molecular weight is 386 g/mol. The second-order valence-corrected chi connectivity index (χ2v) is 7.63.